The molecule has 1 aliphatic carbocycles. The molecule has 0 aromatic heterocycles. The molecular formula is C27H31NOS. The number of thiol groups is 1. The number of carbonyl (C=O) groups is 1. The van der Waals surface area contributed by atoms with Gasteiger partial charge in [-0.2, -0.15) is 0 Å². The van der Waals surface area contributed by atoms with Crippen LogP contribution in [0.5, 0.6) is 0 Å². The van der Waals surface area contributed by atoms with Crippen molar-refractivity contribution in [3.8, 4) is 0 Å². The summed E-state index contributed by atoms with van der Waals surface area (Å²) in [4.78, 5) is 13.4. The highest BCUT2D eigenvalue weighted by molar-refractivity contribution is 7.80. The molecule has 0 heterocycles. The normalized spacial score (nSPS) is 14.7. The lowest BCUT2D eigenvalue weighted by molar-refractivity contribution is -0.122. The second-order valence-electron chi connectivity index (χ2n) is 8.63. The van der Waals surface area contributed by atoms with E-state index in [4.69, 9.17) is 0 Å². The van der Waals surface area contributed by atoms with Gasteiger partial charge >= 0.3 is 0 Å². The predicted molar refractivity (Wildman–Crippen MR) is 128 cm³/mol. The predicted octanol–water partition coefficient (Wildman–Crippen LogP) is 6.35. The topological polar surface area (TPSA) is 29.1 Å². The molecule has 0 atom stereocenters. The van der Waals surface area contributed by atoms with E-state index in [1.54, 1.807) is 0 Å². The summed E-state index contributed by atoms with van der Waals surface area (Å²) >= 11 is 4.54. The minimum absolute atomic E-state index is 0.210. The molecule has 0 bridgehead atoms. The van der Waals surface area contributed by atoms with E-state index >= 15 is 0 Å². The fourth-order valence-electron chi connectivity index (χ4n) is 4.69. The zero-order valence-electron chi connectivity index (χ0n) is 17.6. The highest BCUT2D eigenvalue weighted by Crippen LogP contribution is 2.27. The van der Waals surface area contributed by atoms with Gasteiger partial charge in [0.15, 0.2) is 0 Å². The molecule has 1 N–H and O–H groups in total. The Labute approximate surface area is 185 Å². The van der Waals surface area contributed by atoms with E-state index < -0.39 is 0 Å². The molecular weight excluding hydrogens is 386 g/mol. The smallest absolute Gasteiger partial charge is 0.220 e. The van der Waals surface area contributed by atoms with Gasteiger partial charge in [-0.3, -0.25) is 4.79 Å². The largest absolute Gasteiger partial charge is 0.356 e. The van der Waals surface area contributed by atoms with E-state index in [0.29, 0.717) is 18.9 Å². The zero-order valence-corrected chi connectivity index (χ0v) is 18.5. The Kier molecular flexibility index (Phi) is 7.11. The number of rotatable bonds is 7. The average molecular weight is 418 g/mol. The third-order valence-corrected chi connectivity index (χ3v) is 6.53. The van der Waals surface area contributed by atoms with E-state index in [0.717, 1.165) is 17.7 Å². The Bertz CT molecular complexity index is 992. The third-order valence-electron chi connectivity index (χ3n) is 6.25. The molecule has 0 radical (unpaired) electrons. The van der Waals surface area contributed by atoms with Crippen molar-refractivity contribution in [2.24, 2.45) is 5.92 Å². The Morgan fingerprint density at radius 3 is 2.53 bits per heavy atom. The zero-order chi connectivity index (χ0) is 20.8. The lowest BCUT2D eigenvalue weighted by Gasteiger charge is -2.20. The Balaban J connectivity index is 1.45. The van der Waals surface area contributed by atoms with Crippen LogP contribution in [0, 0.1) is 5.92 Å². The van der Waals surface area contributed by atoms with Crippen LogP contribution < -0.4 is 5.32 Å². The molecule has 4 rings (SSSR count). The van der Waals surface area contributed by atoms with Gasteiger partial charge in [0, 0.05) is 17.9 Å². The van der Waals surface area contributed by atoms with Crippen LogP contribution in [0.4, 0.5) is 0 Å². The molecule has 1 fully saturated rings. The van der Waals surface area contributed by atoms with E-state index in [1.165, 1.54) is 59.6 Å². The summed E-state index contributed by atoms with van der Waals surface area (Å²) in [5.74, 6) is 0.794. The van der Waals surface area contributed by atoms with Gasteiger partial charge in [-0.05, 0) is 71.2 Å². The van der Waals surface area contributed by atoms with Crippen LogP contribution in [0.3, 0.4) is 0 Å². The van der Waals surface area contributed by atoms with Crippen LogP contribution >= 0.6 is 12.6 Å². The molecule has 3 aromatic rings. The number of benzene rings is 3. The summed E-state index contributed by atoms with van der Waals surface area (Å²) in [5, 5.41) is 5.65. The van der Waals surface area contributed by atoms with Gasteiger partial charge < -0.3 is 5.32 Å². The monoisotopic (exact) mass is 417 g/mol. The highest BCUT2D eigenvalue weighted by Gasteiger charge is 2.16. The maximum Gasteiger partial charge on any atom is 0.220 e. The van der Waals surface area contributed by atoms with Crippen LogP contribution in [-0.4, -0.2) is 12.5 Å². The highest BCUT2D eigenvalue weighted by atomic mass is 32.1. The van der Waals surface area contributed by atoms with Crippen LogP contribution in [-0.2, 0) is 17.6 Å². The van der Waals surface area contributed by atoms with Crippen LogP contribution in [0.25, 0.3) is 10.8 Å². The summed E-state index contributed by atoms with van der Waals surface area (Å²) in [6.45, 7) is 0.687. The molecule has 1 aliphatic rings. The summed E-state index contributed by atoms with van der Waals surface area (Å²) in [5.41, 5.74) is 3.91. The van der Waals surface area contributed by atoms with Gasteiger partial charge in [-0.25, -0.2) is 0 Å². The first-order valence-corrected chi connectivity index (χ1v) is 11.7. The van der Waals surface area contributed by atoms with Gasteiger partial charge in [0.2, 0.25) is 5.91 Å². The van der Waals surface area contributed by atoms with Gasteiger partial charge in [0.05, 0.1) is 0 Å². The summed E-state index contributed by atoms with van der Waals surface area (Å²) in [7, 11) is 0. The first kappa shape index (κ1) is 21.0. The van der Waals surface area contributed by atoms with Crippen molar-refractivity contribution in [1.29, 1.82) is 0 Å². The van der Waals surface area contributed by atoms with Gasteiger partial charge in [-0.1, -0.05) is 67.8 Å². The van der Waals surface area contributed by atoms with Crippen molar-refractivity contribution < 1.29 is 4.79 Å². The van der Waals surface area contributed by atoms with Crippen molar-refractivity contribution >= 4 is 29.3 Å². The summed E-state index contributed by atoms with van der Waals surface area (Å²) in [6, 6.07) is 21.5. The molecule has 3 heteroatoms. The van der Waals surface area contributed by atoms with Crippen LogP contribution in [0.15, 0.2) is 65.6 Å². The lowest BCUT2D eigenvalue weighted by atomic mass is 9.87. The van der Waals surface area contributed by atoms with Gasteiger partial charge in [-0.15, -0.1) is 12.6 Å². The molecule has 0 spiro atoms. The Morgan fingerprint density at radius 2 is 1.73 bits per heavy atom. The molecule has 0 aliphatic heterocycles. The van der Waals surface area contributed by atoms with Crippen LogP contribution in [0.1, 0.15) is 55.2 Å². The minimum Gasteiger partial charge on any atom is -0.356 e. The van der Waals surface area contributed by atoms with Gasteiger partial charge in [0.25, 0.3) is 0 Å². The molecule has 1 amide bonds. The van der Waals surface area contributed by atoms with E-state index in [9.17, 15) is 4.79 Å². The lowest BCUT2D eigenvalue weighted by Crippen LogP contribution is -2.28. The molecule has 1 saturated carbocycles. The molecule has 3 aromatic carbocycles. The van der Waals surface area contributed by atoms with E-state index in [-0.39, 0.29) is 5.91 Å². The van der Waals surface area contributed by atoms with Gasteiger partial charge in [0.1, 0.15) is 0 Å². The van der Waals surface area contributed by atoms with Crippen molar-refractivity contribution in [3.63, 3.8) is 0 Å². The summed E-state index contributed by atoms with van der Waals surface area (Å²) in [6.07, 6.45) is 8.77. The number of hydrogen-bond acceptors (Lipinski definition) is 2. The first-order chi connectivity index (χ1) is 14.7. The molecule has 30 heavy (non-hydrogen) atoms. The number of amides is 1. The number of nitrogens with one attached hydrogen (secondary N) is 1. The standard InChI is InChI=1S/C27H31NOS/c29-27(18-21-9-5-2-6-10-21)28-14-13-24-17-22(15-20-7-3-1-4-8-20)16-23-11-12-25(30)19-26(23)24/h1,3-4,7-8,11-12,16-17,19,21,30H,2,5-6,9-10,13-15,18H2,(H,28,29). The fourth-order valence-corrected chi connectivity index (χ4v) is 4.90. The minimum atomic E-state index is 0.210. The quantitative estimate of drug-likeness (QED) is 0.431. The average Bonchev–Trinajstić information content (AvgIpc) is 2.75. The Hall–Kier alpha value is -2.26. The molecule has 0 unspecified atom stereocenters. The maximum absolute atomic E-state index is 12.4. The number of hydrogen-bond donors (Lipinski definition) is 2. The SMILES string of the molecule is O=C(CC1CCCCC1)NCCc1cc(Cc2ccccc2)cc2ccc(S)cc12. The second-order valence-corrected chi connectivity index (χ2v) is 9.15. The van der Waals surface area contributed by atoms with Crippen molar-refractivity contribution in [3.05, 3.63) is 77.4 Å². The molecule has 156 valence electrons. The fraction of sp³-hybridized carbons (Fsp3) is 0.370. The van der Waals surface area contributed by atoms with E-state index in [1.807, 2.05) is 6.07 Å². The summed E-state index contributed by atoms with van der Waals surface area (Å²) < 4.78 is 0. The first-order valence-electron chi connectivity index (χ1n) is 11.2. The number of carbonyl (C=O) groups excluding carboxylic acids is 1. The third kappa shape index (κ3) is 5.66. The second kappa shape index (κ2) is 10.2. The number of fused-ring (bicyclic) bond motifs is 1. The van der Waals surface area contributed by atoms with Crippen molar-refractivity contribution in [2.75, 3.05) is 6.54 Å². The van der Waals surface area contributed by atoms with Crippen LogP contribution in [0.2, 0.25) is 0 Å². The van der Waals surface area contributed by atoms with E-state index in [2.05, 4.69) is 72.5 Å². The van der Waals surface area contributed by atoms with Crippen molar-refractivity contribution in [2.45, 2.75) is 56.3 Å². The molecule has 2 nitrogen and oxygen atoms in total. The van der Waals surface area contributed by atoms with Crippen molar-refractivity contribution in [1.82, 2.24) is 5.32 Å². The Morgan fingerprint density at radius 1 is 0.933 bits per heavy atom. The molecule has 0 saturated heterocycles. The maximum atomic E-state index is 12.4.